The summed E-state index contributed by atoms with van der Waals surface area (Å²) in [7, 11) is -3.52. The average Bonchev–Trinajstić information content (AvgIpc) is 3.31. The molecule has 136 valence electrons. The fourth-order valence-electron chi connectivity index (χ4n) is 4.08. The molecule has 26 heavy (non-hydrogen) atoms. The number of hydrogen-bond donors (Lipinski definition) is 1. The van der Waals surface area contributed by atoms with Gasteiger partial charge >= 0.3 is 0 Å². The van der Waals surface area contributed by atoms with Crippen molar-refractivity contribution in [3.05, 3.63) is 46.4 Å². The SMILES string of the molecule is O=S(=O)(c1ccc2nc[nH]c2c1)N1CCC2(CC1)OCCc1sccc12. The van der Waals surface area contributed by atoms with Gasteiger partial charge in [0, 0.05) is 24.4 Å². The lowest BCUT2D eigenvalue weighted by Crippen LogP contribution is -2.47. The number of aromatic nitrogens is 2. The van der Waals surface area contributed by atoms with Crippen LogP contribution < -0.4 is 0 Å². The van der Waals surface area contributed by atoms with Gasteiger partial charge in [-0.15, -0.1) is 11.3 Å². The van der Waals surface area contributed by atoms with Gasteiger partial charge in [-0.3, -0.25) is 0 Å². The number of ether oxygens (including phenoxy) is 1. The Kier molecular flexibility index (Phi) is 3.72. The Morgan fingerprint density at radius 3 is 2.92 bits per heavy atom. The Bertz CT molecular complexity index is 1060. The number of H-pyrrole nitrogens is 1. The number of benzene rings is 1. The molecular weight excluding hydrogens is 370 g/mol. The number of sulfonamides is 1. The summed E-state index contributed by atoms with van der Waals surface area (Å²) < 4.78 is 33.9. The van der Waals surface area contributed by atoms with Crippen LogP contribution in [0.3, 0.4) is 0 Å². The molecule has 3 aromatic rings. The van der Waals surface area contributed by atoms with Crippen molar-refractivity contribution in [2.24, 2.45) is 0 Å². The molecule has 1 fully saturated rings. The smallest absolute Gasteiger partial charge is 0.243 e. The van der Waals surface area contributed by atoms with Gasteiger partial charge in [-0.1, -0.05) is 0 Å². The lowest BCUT2D eigenvalue weighted by molar-refractivity contribution is -0.0882. The van der Waals surface area contributed by atoms with Crippen LogP contribution in [0.15, 0.2) is 40.9 Å². The molecule has 1 spiro atoms. The number of aromatic amines is 1. The standard InChI is InChI=1S/C18H19N3O3S2/c22-26(23,13-1-2-15-16(11-13)20-12-19-15)21-7-5-18(6-8-21)14-4-10-25-17(14)3-9-24-18/h1-2,4,10-12H,3,5-9H2,(H,19,20). The van der Waals surface area contributed by atoms with E-state index < -0.39 is 10.0 Å². The Hall–Kier alpha value is -1.74. The normalized spacial score (nSPS) is 20.5. The maximum atomic E-state index is 13.1. The van der Waals surface area contributed by atoms with Crippen molar-refractivity contribution < 1.29 is 13.2 Å². The van der Waals surface area contributed by atoms with Gasteiger partial charge in [-0.2, -0.15) is 4.31 Å². The molecule has 6 nitrogen and oxygen atoms in total. The van der Waals surface area contributed by atoms with Crippen LogP contribution in [-0.2, 0) is 26.8 Å². The topological polar surface area (TPSA) is 75.3 Å². The largest absolute Gasteiger partial charge is 0.370 e. The number of rotatable bonds is 2. The molecule has 0 aliphatic carbocycles. The zero-order valence-corrected chi connectivity index (χ0v) is 15.8. The Morgan fingerprint density at radius 2 is 2.08 bits per heavy atom. The molecule has 2 aliphatic heterocycles. The summed E-state index contributed by atoms with van der Waals surface area (Å²) >= 11 is 1.78. The summed E-state index contributed by atoms with van der Waals surface area (Å²) in [5.41, 5.74) is 2.46. The van der Waals surface area contributed by atoms with Crippen LogP contribution in [0, 0.1) is 0 Å². The number of nitrogens with zero attached hydrogens (tertiary/aromatic N) is 2. The molecule has 0 unspecified atom stereocenters. The summed E-state index contributed by atoms with van der Waals surface area (Å²) in [5.74, 6) is 0. The number of thiophene rings is 1. The van der Waals surface area contributed by atoms with Gasteiger partial charge in [0.25, 0.3) is 0 Å². The molecule has 5 rings (SSSR count). The minimum Gasteiger partial charge on any atom is -0.370 e. The molecule has 0 bridgehead atoms. The second-order valence-electron chi connectivity index (χ2n) is 6.84. The van der Waals surface area contributed by atoms with Crippen molar-refractivity contribution in [3.63, 3.8) is 0 Å². The van der Waals surface area contributed by atoms with E-state index >= 15 is 0 Å². The van der Waals surface area contributed by atoms with Crippen molar-refractivity contribution >= 4 is 32.4 Å². The summed E-state index contributed by atoms with van der Waals surface area (Å²) in [6.07, 6.45) is 3.93. The molecule has 0 atom stereocenters. The molecular formula is C18H19N3O3S2. The molecule has 1 N–H and O–H groups in total. The van der Waals surface area contributed by atoms with E-state index in [4.69, 9.17) is 4.74 Å². The van der Waals surface area contributed by atoms with Crippen LogP contribution in [0.1, 0.15) is 23.3 Å². The van der Waals surface area contributed by atoms with E-state index in [0.29, 0.717) is 30.8 Å². The lowest BCUT2D eigenvalue weighted by Gasteiger charge is -2.43. The fourth-order valence-corrected chi connectivity index (χ4v) is 6.50. The van der Waals surface area contributed by atoms with Gasteiger partial charge in [0.1, 0.15) is 0 Å². The van der Waals surface area contributed by atoms with E-state index in [-0.39, 0.29) is 5.60 Å². The zero-order chi connectivity index (χ0) is 17.8. The number of nitrogens with one attached hydrogen (secondary N) is 1. The zero-order valence-electron chi connectivity index (χ0n) is 14.1. The van der Waals surface area contributed by atoms with E-state index in [2.05, 4.69) is 21.4 Å². The highest BCUT2D eigenvalue weighted by atomic mass is 32.2. The molecule has 1 saturated heterocycles. The van der Waals surface area contributed by atoms with Gasteiger partial charge < -0.3 is 9.72 Å². The third-order valence-corrected chi connectivity index (χ3v) is 8.38. The minimum atomic E-state index is -3.52. The number of hydrogen-bond acceptors (Lipinski definition) is 5. The first-order valence-corrected chi connectivity index (χ1v) is 11.0. The monoisotopic (exact) mass is 389 g/mol. The average molecular weight is 390 g/mol. The summed E-state index contributed by atoms with van der Waals surface area (Å²) in [6, 6.07) is 7.19. The summed E-state index contributed by atoms with van der Waals surface area (Å²) in [4.78, 5) is 8.82. The maximum Gasteiger partial charge on any atom is 0.243 e. The highest BCUT2D eigenvalue weighted by molar-refractivity contribution is 7.89. The highest BCUT2D eigenvalue weighted by Gasteiger charge is 2.43. The quantitative estimate of drug-likeness (QED) is 0.731. The van der Waals surface area contributed by atoms with E-state index in [1.54, 1.807) is 40.2 Å². The van der Waals surface area contributed by atoms with Crippen molar-refractivity contribution in [2.75, 3.05) is 19.7 Å². The predicted octanol–water partition coefficient (Wildman–Crippen LogP) is 2.88. The first-order chi connectivity index (χ1) is 12.6. The van der Waals surface area contributed by atoms with Crippen LogP contribution in [0.5, 0.6) is 0 Å². The Morgan fingerprint density at radius 1 is 1.23 bits per heavy atom. The Balaban J connectivity index is 1.41. The maximum absolute atomic E-state index is 13.1. The first-order valence-electron chi connectivity index (χ1n) is 8.73. The van der Waals surface area contributed by atoms with Gasteiger partial charge in [-0.05, 0) is 48.1 Å². The van der Waals surface area contributed by atoms with Crippen LogP contribution in [0.2, 0.25) is 0 Å². The number of piperidine rings is 1. The highest BCUT2D eigenvalue weighted by Crippen LogP contribution is 2.44. The predicted molar refractivity (Wildman–Crippen MR) is 99.7 cm³/mol. The second kappa shape index (κ2) is 5.88. The van der Waals surface area contributed by atoms with Crippen molar-refractivity contribution in [1.29, 1.82) is 0 Å². The first kappa shape index (κ1) is 16.4. The van der Waals surface area contributed by atoms with E-state index in [0.717, 1.165) is 24.1 Å². The molecule has 2 aliphatic rings. The van der Waals surface area contributed by atoms with Gasteiger partial charge in [0.2, 0.25) is 10.0 Å². The number of imidazole rings is 1. The van der Waals surface area contributed by atoms with Crippen molar-refractivity contribution in [2.45, 2.75) is 29.8 Å². The molecule has 1 aromatic carbocycles. The van der Waals surface area contributed by atoms with Gasteiger partial charge in [0.15, 0.2) is 0 Å². The third kappa shape index (κ3) is 2.44. The second-order valence-corrected chi connectivity index (χ2v) is 9.77. The third-order valence-electron chi connectivity index (χ3n) is 5.50. The van der Waals surface area contributed by atoms with Crippen LogP contribution >= 0.6 is 11.3 Å². The van der Waals surface area contributed by atoms with Crippen LogP contribution in [-0.4, -0.2) is 42.4 Å². The van der Waals surface area contributed by atoms with Gasteiger partial charge in [0.05, 0.1) is 34.5 Å². The van der Waals surface area contributed by atoms with Crippen molar-refractivity contribution in [1.82, 2.24) is 14.3 Å². The van der Waals surface area contributed by atoms with Gasteiger partial charge in [-0.25, -0.2) is 13.4 Å². The summed E-state index contributed by atoms with van der Waals surface area (Å²) in [5, 5.41) is 2.11. The van der Waals surface area contributed by atoms with E-state index in [9.17, 15) is 8.42 Å². The molecule has 8 heteroatoms. The molecule has 0 radical (unpaired) electrons. The van der Waals surface area contributed by atoms with E-state index in [1.165, 1.54) is 10.4 Å². The van der Waals surface area contributed by atoms with Crippen LogP contribution in [0.4, 0.5) is 0 Å². The lowest BCUT2D eigenvalue weighted by atomic mass is 9.83. The minimum absolute atomic E-state index is 0.311. The van der Waals surface area contributed by atoms with Crippen LogP contribution in [0.25, 0.3) is 11.0 Å². The fraction of sp³-hybridized carbons (Fsp3) is 0.389. The Labute approximate surface area is 155 Å². The molecule has 0 amide bonds. The molecule has 4 heterocycles. The van der Waals surface area contributed by atoms with E-state index in [1.807, 2.05) is 0 Å². The van der Waals surface area contributed by atoms with Crippen molar-refractivity contribution in [3.8, 4) is 0 Å². The molecule has 0 saturated carbocycles. The summed E-state index contributed by atoms with van der Waals surface area (Å²) in [6.45, 7) is 1.66. The molecule has 2 aromatic heterocycles. The number of fused-ring (bicyclic) bond motifs is 3.